The number of rotatable bonds is 3. The van der Waals surface area contributed by atoms with Crippen molar-refractivity contribution in [1.29, 1.82) is 0 Å². The molecular formula is C13H15BrN4O. The highest BCUT2D eigenvalue weighted by Crippen LogP contribution is 2.17. The predicted molar refractivity (Wildman–Crippen MR) is 75.8 cm³/mol. The fraction of sp³-hybridized carbons (Fsp3) is 0.308. The average Bonchev–Trinajstić information content (AvgIpc) is 2.70. The topological polar surface area (TPSA) is 59.8 Å². The summed E-state index contributed by atoms with van der Waals surface area (Å²) in [6.45, 7) is 3.92. The quantitative estimate of drug-likeness (QED) is 0.943. The van der Waals surface area contributed by atoms with Crippen LogP contribution < -0.4 is 5.32 Å². The van der Waals surface area contributed by atoms with Crippen molar-refractivity contribution in [2.45, 2.75) is 19.9 Å². The minimum absolute atomic E-state index is 0.0971. The van der Waals surface area contributed by atoms with Gasteiger partial charge < -0.3 is 5.32 Å². The molecule has 100 valence electrons. The van der Waals surface area contributed by atoms with E-state index in [1.54, 1.807) is 29.3 Å². The molecule has 19 heavy (non-hydrogen) atoms. The molecule has 0 fully saturated rings. The summed E-state index contributed by atoms with van der Waals surface area (Å²) in [6, 6.07) is 1.64. The second kappa shape index (κ2) is 5.52. The van der Waals surface area contributed by atoms with Crippen LogP contribution in [0.1, 0.15) is 34.6 Å². The van der Waals surface area contributed by atoms with E-state index in [2.05, 4.69) is 31.3 Å². The largest absolute Gasteiger partial charge is 0.345 e. The van der Waals surface area contributed by atoms with Gasteiger partial charge in [-0.2, -0.15) is 5.10 Å². The Balaban J connectivity index is 2.13. The molecule has 2 heterocycles. The van der Waals surface area contributed by atoms with Crippen molar-refractivity contribution >= 4 is 21.8 Å². The van der Waals surface area contributed by atoms with E-state index in [1.165, 1.54) is 0 Å². The number of hydrogen-bond donors (Lipinski definition) is 1. The van der Waals surface area contributed by atoms with E-state index < -0.39 is 0 Å². The van der Waals surface area contributed by atoms with Crippen LogP contribution in [0.5, 0.6) is 0 Å². The number of halogens is 1. The lowest BCUT2D eigenvalue weighted by molar-refractivity contribution is 0.0939. The molecule has 1 atom stereocenters. The maximum absolute atomic E-state index is 12.1. The second-order valence-electron chi connectivity index (χ2n) is 4.40. The van der Waals surface area contributed by atoms with Crippen molar-refractivity contribution in [3.63, 3.8) is 0 Å². The van der Waals surface area contributed by atoms with Gasteiger partial charge in [0, 0.05) is 35.2 Å². The lowest BCUT2D eigenvalue weighted by Gasteiger charge is -2.13. The molecule has 0 spiro atoms. The number of nitrogens with zero attached hydrogens (tertiary/aromatic N) is 3. The normalized spacial score (nSPS) is 12.2. The van der Waals surface area contributed by atoms with E-state index >= 15 is 0 Å². The number of amides is 1. The third kappa shape index (κ3) is 3.01. The Hall–Kier alpha value is -1.69. The summed E-state index contributed by atoms with van der Waals surface area (Å²) in [5.41, 5.74) is 2.58. The first kappa shape index (κ1) is 13.7. The predicted octanol–water partition coefficient (Wildman–Crippen LogP) is 2.38. The lowest BCUT2D eigenvalue weighted by Crippen LogP contribution is -2.27. The highest BCUT2D eigenvalue weighted by atomic mass is 79.9. The fourth-order valence-corrected chi connectivity index (χ4v) is 2.20. The summed E-state index contributed by atoms with van der Waals surface area (Å²) in [6.07, 6.45) is 4.97. The van der Waals surface area contributed by atoms with Crippen LogP contribution in [0.25, 0.3) is 0 Å². The molecule has 0 aromatic carbocycles. The van der Waals surface area contributed by atoms with Crippen LogP contribution in [0.2, 0.25) is 0 Å². The van der Waals surface area contributed by atoms with Crippen molar-refractivity contribution in [2.75, 3.05) is 0 Å². The zero-order valence-electron chi connectivity index (χ0n) is 11.0. The van der Waals surface area contributed by atoms with E-state index in [0.29, 0.717) is 5.56 Å². The molecule has 0 aliphatic heterocycles. The lowest BCUT2D eigenvalue weighted by atomic mass is 10.1. The van der Waals surface area contributed by atoms with Gasteiger partial charge in [-0.25, -0.2) is 0 Å². The zero-order valence-corrected chi connectivity index (χ0v) is 12.6. The zero-order chi connectivity index (χ0) is 14.0. The Morgan fingerprint density at radius 2 is 2.16 bits per heavy atom. The number of carbonyl (C=O) groups is 1. The third-order valence-electron chi connectivity index (χ3n) is 3.05. The molecule has 0 radical (unpaired) electrons. The van der Waals surface area contributed by atoms with Gasteiger partial charge in [0.15, 0.2) is 0 Å². The van der Waals surface area contributed by atoms with Crippen LogP contribution in [-0.4, -0.2) is 20.7 Å². The summed E-state index contributed by atoms with van der Waals surface area (Å²) in [7, 11) is 1.88. The van der Waals surface area contributed by atoms with Crippen molar-refractivity contribution in [2.24, 2.45) is 7.05 Å². The molecule has 1 N–H and O–H groups in total. The van der Waals surface area contributed by atoms with Gasteiger partial charge in [0.1, 0.15) is 0 Å². The van der Waals surface area contributed by atoms with Gasteiger partial charge in [0.05, 0.1) is 17.8 Å². The Kier molecular flexibility index (Phi) is 3.99. The van der Waals surface area contributed by atoms with Gasteiger partial charge in [-0.15, -0.1) is 0 Å². The first-order valence-corrected chi connectivity index (χ1v) is 6.68. The first-order chi connectivity index (χ1) is 8.99. The highest BCUT2D eigenvalue weighted by molar-refractivity contribution is 9.10. The van der Waals surface area contributed by atoms with Gasteiger partial charge in [-0.05, 0) is 35.8 Å². The molecule has 1 unspecified atom stereocenters. The summed E-state index contributed by atoms with van der Waals surface area (Å²) < 4.78 is 2.57. The van der Waals surface area contributed by atoms with Crippen molar-refractivity contribution < 1.29 is 4.79 Å². The molecule has 0 aliphatic rings. The number of aromatic nitrogens is 3. The minimum Gasteiger partial charge on any atom is -0.345 e. The first-order valence-electron chi connectivity index (χ1n) is 5.89. The minimum atomic E-state index is -0.149. The molecule has 6 heteroatoms. The second-order valence-corrected chi connectivity index (χ2v) is 5.31. The summed E-state index contributed by atoms with van der Waals surface area (Å²) in [5.74, 6) is -0.149. The van der Waals surface area contributed by atoms with Crippen LogP contribution in [0.4, 0.5) is 0 Å². The van der Waals surface area contributed by atoms with Crippen LogP contribution in [0.15, 0.2) is 29.1 Å². The molecular weight excluding hydrogens is 308 g/mol. The maximum Gasteiger partial charge on any atom is 0.253 e. The molecule has 0 bridgehead atoms. The Bertz CT molecular complexity index is 608. The number of carbonyl (C=O) groups excluding carboxylic acids is 1. The Labute approximate surface area is 120 Å². The van der Waals surface area contributed by atoms with Crippen LogP contribution >= 0.6 is 15.9 Å². The van der Waals surface area contributed by atoms with Gasteiger partial charge in [0.25, 0.3) is 5.91 Å². The van der Waals surface area contributed by atoms with Crippen molar-refractivity contribution in [1.82, 2.24) is 20.1 Å². The van der Waals surface area contributed by atoms with Crippen LogP contribution in [-0.2, 0) is 7.05 Å². The summed E-state index contributed by atoms with van der Waals surface area (Å²) in [4.78, 5) is 16.1. The van der Waals surface area contributed by atoms with Crippen molar-refractivity contribution in [3.05, 3.63) is 46.0 Å². The van der Waals surface area contributed by atoms with Crippen molar-refractivity contribution in [3.8, 4) is 0 Å². The standard InChI is InChI=1S/C13H15BrN4O/c1-8(12-7-16-18(3)9(12)2)17-13(19)10-4-11(14)6-15-5-10/h4-8H,1-3H3,(H,17,19). The molecule has 2 aromatic rings. The third-order valence-corrected chi connectivity index (χ3v) is 3.49. The average molecular weight is 323 g/mol. The Morgan fingerprint density at radius 1 is 1.42 bits per heavy atom. The molecule has 0 saturated heterocycles. The van der Waals surface area contributed by atoms with Crippen LogP contribution in [0, 0.1) is 6.92 Å². The van der Waals surface area contributed by atoms with E-state index in [4.69, 9.17) is 0 Å². The fourth-order valence-electron chi connectivity index (χ4n) is 1.83. The van der Waals surface area contributed by atoms with E-state index in [9.17, 15) is 4.79 Å². The Morgan fingerprint density at radius 3 is 2.74 bits per heavy atom. The van der Waals surface area contributed by atoms with E-state index in [0.717, 1.165) is 15.7 Å². The van der Waals surface area contributed by atoms with Gasteiger partial charge in [-0.1, -0.05) is 0 Å². The molecule has 0 aliphatic carbocycles. The van der Waals surface area contributed by atoms with Gasteiger partial charge >= 0.3 is 0 Å². The monoisotopic (exact) mass is 322 g/mol. The number of nitrogens with one attached hydrogen (secondary N) is 1. The van der Waals surface area contributed by atoms with E-state index in [1.807, 2.05) is 20.9 Å². The maximum atomic E-state index is 12.1. The molecule has 1 amide bonds. The number of pyridine rings is 1. The highest BCUT2D eigenvalue weighted by Gasteiger charge is 2.15. The number of hydrogen-bond acceptors (Lipinski definition) is 3. The van der Waals surface area contributed by atoms with Gasteiger partial charge in [-0.3, -0.25) is 14.5 Å². The van der Waals surface area contributed by atoms with E-state index in [-0.39, 0.29) is 11.9 Å². The molecule has 2 aromatic heterocycles. The molecule has 2 rings (SSSR count). The summed E-state index contributed by atoms with van der Waals surface area (Å²) in [5, 5.41) is 7.12. The SMILES string of the molecule is Cc1c(C(C)NC(=O)c2cncc(Br)c2)cnn1C. The van der Waals surface area contributed by atoms with Gasteiger partial charge in [0.2, 0.25) is 0 Å². The summed E-state index contributed by atoms with van der Waals surface area (Å²) >= 11 is 3.30. The smallest absolute Gasteiger partial charge is 0.253 e. The molecule has 5 nitrogen and oxygen atoms in total. The molecule has 0 saturated carbocycles. The van der Waals surface area contributed by atoms with Crippen LogP contribution in [0.3, 0.4) is 0 Å². The number of aryl methyl sites for hydroxylation is 1.